The van der Waals surface area contributed by atoms with Crippen LogP contribution in [0.4, 0.5) is 10.1 Å². The molecule has 0 aliphatic carbocycles. The Labute approximate surface area is 134 Å². The molecule has 2 aromatic rings. The Morgan fingerprint density at radius 1 is 1.57 bits per heavy atom. The van der Waals surface area contributed by atoms with Crippen molar-refractivity contribution in [3.63, 3.8) is 0 Å². The van der Waals surface area contributed by atoms with E-state index in [0.29, 0.717) is 5.56 Å². The number of aromatic amines is 1. The molecule has 10 heteroatoms. The van der Waals surface area contributed by atoms with Crippen LogP contribution in [0.2, 0.25) is 5.02 Å². The Balaban J connectivity index is 2.41. The van der Waals surface area contributed by atoms with Crippen molar-refractivity contribution in [2.24, 2.45) is 0 Å². The normalized spacial score (nSPS) is 13.3. The first kappa shape index (κ1) is 16.2. The molecule has 1 aromatic heterocycles. The van der Waals surface area contributed by atoms with Crippen LogP contribution in [-0.2, 0) is 10.0 Å². The van der Waals surface area contributed by atoms with E-state index in [9.17, 15) is 12.8 Å². The minimum Gasteiger partial charge on any atom is -0.395 e. The maximum atomic E-state index is 14.1. The molecule has 1 atom stereocenters. The van der Waals surface area contributed by atoms with Crippen molar-refractivity contribution in [1.82, 2.24) is 14.9 Å². The number of H-pyrrole nitrogens is 1. The zero-order chi connectivity index (χ0) is 15.8. The van der Waals surface area contributed by atoms with Crippen molar-refractivity contribution in [3.05, 3.63) is 39.3 Å². The predicted octanol–water partition coefficient (Wildman–Crippen LogP) is 2.59. The van der Waals surface area contributed by atoms with Gasteiger partial charge in [0.15, 0.2) is 5.82 Å². The lowest BCUT2D eigenvalue weighted by Gasteiger charge is -2.15. The summed E-state index contributed by atoms with van der Waals surface area (Å²) in [7, 11) is -4.13. The minimum atomic E-state index is -4.13. The highest BCUT2D eigenvalue weighted by molar-refractivity contribution is 9.10. The fourth-order valence-corrected chi connectivity index (χ4v) is 3.57. The Morgan fingerprint density at radius 3 is 2.81 bits per heavy atom. The van der Waals surface area contributed by atoms with Crippen molar-refractivity contribution in [2.45, 2.75) is 17.9 Å². The van der Waals surface area contributed by atoms with E-state index in [1.807, 2.05) is 0 Å². The number of nitrogens with one attached hydrogen (secondary N) is 2. The van der Waals surface area contributed by atoms with Crippen molar-refractivity contribution in [3.8, 4) is 0 Å². The molecule has 0 saturated heterocycles. The molecule has 6 nitrogen and oxygen atoms in total. The van der Waals surface area contributed by atoms with Crippen LogP contribution in [0.3, 0.4) is 0 Å². The number of anilines is 1. The third-order valence-electron chi connectivity index (χ3n) is 2.80. The molecule has 0 amide bonds. The highest BCUT2D eigenvalue weighted by atomic mass is 79.9. The number of hydrogen-bond acceptors (Lipinski definition) is 4. The van der Waals surface area contributed by atoms with E-state index in [0.717, 1.165) is 6.07 Å². The number of nitrogens with two attached hydrogens (primary N) is 1. The smallest absolute Gasteiger partial charge is 0.244 e. The maximum Gasteiger partial charge on any atom is 0.244 e. The molecule has 0 radical (unpaired) electrons. The second-order valence-corrected chi connectivity index (χ2v) is 7.16. The first-order valence-electron chi connectivity index (χ1n) is 5.68. The van der Waals surface area contributed by atoms with Crippen LogP contribution in [-0.4, -0.2) is 18.6 Å². The fourth-order valence-electron chi connectivity index (χ4n) is 1.66. The van der Waals surface area contributed by atoms with Gasteiger partial charge in [0.2, 0.25) is 10.0 Å². The quantitative estimate of drug-likeness (QED) is 0.545. The van der Waals surface area contributed by atoms with Gasteiger partial charge in [-0.25, -0.2) is 17.5 Å². The minimum absolute atomic E-state index is 0.00485. The number of nitrogen functional groups attached to an aromatic ring is 1. The van der Waals surface area contributed by atoms with E-state index in [2.05, 4.69) is 30.8 Å². The third kappa shape index (κ3) is 3.20. The van der Waals surface area contributed by atoms with Crippen LogP contribution in [0.5, 0.6) is 0 Å². The lowest BCUT2D eigenvalue weighted by atomic mass is 10.2. The van der Waals surface area contributed by atoms with Crippen LogP contribution in [0, 0.1) is 5.82 Å². The molecule has 0 spiro atoms. The zero-order valence-corrected chi connectivity index (χ0v) is 13.9. The summed E-state index contributed by atoms with van der Waals surface area (Å²) >= 11 is 8.82. The number of hydrogen-bond donors (Lipinski definition) is 3. The molecule has 1 heterocycles. The standard InChI is InChI=1S/C11H11BrClFN4O2S/c1-5(6-3-16-17-4-6)18-21(19,20)8-2-7(13)9(12)11(15)10(8)14/h2-5,18H,15H2,1H3,(H,16,17). The van der Waals surface area contributed by atoms with E-state index in [1.165, 1.54) is 12.4 Å². The summed E-state index contributed by atoms with van der Waals surface area (Å²) in [5.41, 5.74) is 5.74. The Hall–Kier alpha value is -1.16. The van der Waals surface area contributed by atoms with E-state index in [-0.39, 0.29) is 15.2 Å². The zero-order valence-electron chi connectivity index (χ0n) is 10.7. The summed E-state index contributed by atoms with van der Waals surface area (Å²) in [6.07, 6.45) is 3.00. The molecular weight excluding hydrogens is 387 g/mol. The van der Waals surface area contributed by atoms with Gasteiger partial charge in [-0.3, -0.25) is 5.10 Å². The summed E-state index contributed by atoms with van der Waals surface area (Å²) in [5, 5.41) is 6.29. The largest absolute Gasteiger partial charge is 0.395 e. The number of halogens is 3. The fraction of sp³-hybridized carbons (Fsp3) is 0.182. The van der Waals surface area contributed by atoms with Gasteiger partial charge >= 0.3 is 0 Å². The van der Waals surface area contributed by atoms with Crippen LogP contribution >= 0.6 is 27.5 Å². The molecular formula is C11H11BrClFN4O2S. The first-order valence-corrected chi connectivity index (χ1v) is 8.33. The van der Waals surface area contributed by atoms with Gasteiger partial charge in [0.1, 0.15) is 4.90 Å². The number of nitrogens with zero attached hydrogens (tertiary/aromatic N) is 1. The van der Waals surface area contributed by atoms with Gasteiger partial charge in [0.05, 0.1) is 21.4 Å². The number of rotatable bonds is 4. The molecule has 0 aliphatic heterocycles. The second-order valence-electron chi connectivity index (χ2n) is 4.27. The van der Waals surface area contributed by atoms with E-state index >= 15 is 0 Å². The number of sulfonamides is 1. The lowest BCUT2D eigenvalue weighted by molar-refractivity contribution is 0.548. The van der Waals surface area contributed by atoms with Gasteiger partial charge < -0.3 is 5.73 Å². The number of aromatic nitrogens is 2. The third-order valence-corrected chi connectivity index (χ3v) is 5.72. The van der Waals surface area contributed by atoms with Crippen molar-refractivity contribution >= 4 is 43.2 Å². The van der Waals surface area contributed by atoms with Gasteiger partial charge in [-0.1, -0.05) is 11.6 Å². The van der Waals surface area contributed by atoms with Crippen LogP contribution in [0.1, 0.15) is 18.5 Å². The molecule has 0 saturated carbocycles. The van der Waals surface area contributed by atoms with E-state index in [4.69, 9.17) is 17.3 Å². The predicted molar refractivity (Wildman–Crippen MR) is 80.8 cm³/mol. The van der Waals surface area contributed by atoms with Crippen LogP contribution < -0.4 is 10.5 Å². The van der Waals surface area contributed by atoms with Crippen LogP contribution in [0.25, 0.3) is 0 Å². The molecule has 21 heavy (non-hydrogen) atoms. The van der Waals surface area contributed by atoms with E-state index in [1.54, 1.807) is 6.92 Å². The highest BCUT2D eigenvalue weighted by Crippen LogP contribution is 2.35. The van der Waals surface area contributed by atoms with E-state index < -0.39 is 26.8 Å². The van der Waals surface area contributed by atoms with Gasteiger partial charge in [0, 0.05) is 17.8 Å². The maximum absolute atomic E-state index is 14.1. The van der Waals surface area contributed by atoms with Crippen molar-refractivity contribution in [2.75, 3.05) is 5.73 Å². The number of benzene rings is 1. The molecule has 1 aromatic carbocycles. The SMILES string of the molecule is CC(NS(=O)(=O)c1cc(Cl)c(Br)c(N)c1F)c1cn[nH]c1. The second kappa shape index (κ2) is 5.91. The molecule has 114 valence electrons. The molecule has 2 rings (SSSR count). The Kier molecular flexibility index (Phi) is 4.57. The summed E-state index contributed by atoms with van der Waals surface area (Å²) in [6, 6.07) is 0.402. The Bertz CT molecular complexity index is 767. The molecule has 4 N–H and O–H groups in total. The summed E-state index contributed by atoms with van der Waals surface area (Å²) in [4.78, 5) is -0.608. The summed E-state index contributed by atoms with van der Waals surface area (Å²) in [6.45, 7) is 1.60. The molecule has 1 unspecified atom stereocenters. The Morgan fingerprint density at radius 2 is 2.24 bits per heavy atom. The topological polar surface area (TPSA) is 101 Å². The monoisotopic (exact) mass is 396 g/mol. The molecule has 0 bridgehead atoms. The van der Waals surface area contributed by atoms with Gasteiger partial charge in [-0.15, -0.1) is 0 Å². The summed E-state index contributed by atoms with van der Waals surface area (Å²) < 4.78 is 41.1. The van der Waals surface area contributed by atoms with Crippen LogP contribution in [0.15, 0.2) is 27.8 Å². The first-order chi connectivity index (χ1) is 9.74. The van der Waals surface area contributed by atoms with Gasteiger partial charge in [0.25, 0.3) is 0 Å². The van der Waals surface area contributed by atoms with Crippen molar-refractivity contribution < 1.29 is 12.8 Å². The average molecular weight is 398 g/mol. The van der Waals surface area contributed by atoms with Gasteiger partial charge in [-0.2, -0.15) is 5.10 Å². The highest BCUT2D eigenvalue weighted by Gasteiger charge is 2.26. The van der Waals surface area contributed by atoms with Crippen molar-refractivity contribution in [1.29, 1.82) is 0 Å². The average Bonchev–Trinajstić information content (AvgIpc) is 2.94. The summed E-state index contributed by atoms with van der Waals surface area (Å²) in [5.74, 6) is -1.06. The molecule has 0 fully saturated rings. The lowest BCUT2D eigenvalue weighted by Crippen LogP contribution is -2.27. The molecule has 0 aliphatic rings. The van der Waals surface area contributed by atoms with Gasteiger partial charge in [-0.05, 0) is 28.9 Å².